The van der Waals surface area contributed by atoms with Gasteiger partial charge < -0.3 is 35.7 Å². The number of anilines is 4. The molecule has 6 aromatic rings. The lowest BCUT2D eigenvalue weighted by Crippen LogP contribution is -2.42. The Morgan fingerprint density at radius 1 is 0.742 bits per heavy atom. The molecule has 3 saturated carbocycles. The monoisotopic (exact) mass is 837 g/mol. The Labute approximate surface area is 356 Å². The summed E-state index contributed by atoms with van der Waals surface area (Å²) in [5.41, 5.74) is 17.8. The number of pyridine rings is 2. The second-order valence-corrected chi connectivity index (χ2v) is 15.7. The highest BCUT2D eigenvalue weighted by molar-refractivity contribution is 5.76. The minimum absolute atomic E-state index is 0.0379. The maximum atomic E-state index is 9.36. The molecule has 0 amide bonds. The number of ether oxygens (including phenoxy) is 4. The van der Waals surface area contributed by atoms with Gasteiger partial charge in [0.25, 0.3) is 0 Å². The van der Waals surface area contributed by atoms with Crippen molar-refractivity contribution in [3.8, 4) is 57.9 Å². The van der Waals surface area contributed by atoms with Crippen LogP contribution in [0.1, 0.15) is 79.7 Å². The lowest BCUT2D eigenvalue weighted by atomic mass is 10.1. The van der Waals surface area contributed by atoms with Crippen molar-refractivity contribution in [2.45, 2.75) is 88.1 Å². The van der Waals surface area contributed by atoms with E-state index in [1.54, 1.807) is 20.3 Å². The maximum Gasteiger partial charge on any atom is 0.302 e. The van der Waals surface area contributed by atoms with E-state index in [1.165, 1.54) is 24.8 Å². The van der Waals surface area contributed by atoms with Crippen molar-refractivity contribution in [2.24, 2.45) is 11.5 Å². The van der Waals surface area contributed by atoms with E-state index in [4.69, 9.17) is 40.7 Å². The normalized spacial score (nSPS) is 20.6. The average molecular weight is 838 g/mol. The van der Waals surface area contributed by atoms with Gasteiger partial charge in [-0.1, -0.05) is 0 Å². The molecule has 1 unspecified atom stereocenters. The number of nitrogens with two attached hydrogens (primary N) is 2. The van der Waals surface area contributed by atoms with Crippen molar-refractivity contribution >= 4 is 23.3 Å². The van der Waals surface area contributed by atoms with Crippen LogP contribution in [0.5, 0.6) is 23.3 Å². The number of aryl methyl sites for hydroxylation is 1. The lowest BCUT2D eigenvalue weighted by Gasteiger charge is -2.21. The van der Waals surface area contributed by atoms with E-state index in [0.717, 1.165) is 37.8 Å². The topological polar surface area (TPSA) is 286 Å². The van der Waals surface area contributed by atoms with Gasteiger partial charge in [0.05, 0.1) is 62.2 Å². The number of aromatic amines is 2. The quantitative estimate of drug-likeness (QED) is 0.0822. The van der Waals surface area contributed by atoms with Gasteiger partial charge in [0.1, 0.15) is 58.8 Å². The number of H-pyrrole nitrogens is 2. The van der Waals surface area contributed by atoms with Crippen LogP contribution in [0, 0.1) is 29.6 Å². The molecule has 62 heavy (non-hydrogen) atoms. The number of hydrogen-bond acceptors (Lipinski definition) is 17. The summed E-state index contributed by atoms with van der Waals surface area (Å²) >= 11 is 0. The predicted molar refractivity (Wildman–Crippen MR) is 223 cm³/mol. The van der Waals surface area contributed by atoms with E-state index in [-0.39, 0.29) is 35.6 Å². The van der Waals surface area contributed by atoms with E-state index >= 15 is 0 Å². The van der Waals surface area contributed by atoms with Crippen LogP contribution in [0.4, 0.5) is 23.3 Å². The number of methoxy groups -OCH3 is 2. The first kappa shape index (κ1) is 40.0. The number of nitriles is 2. The molecule has 0 radical (unpaired) electrons. The molecule has 8 N–H and O–H groups in total. The fraction of sp³-hybridized carbons (Fsp3) is 0.381. The van der Waals surface area contributed by atoms with Gasteiger partial charge in [-0.2, -0.15) is 20.3 Å². The summed E-state index contributed by atoms with van der Waals surface area (Å²) in [7, 11) is 3.16. The Kier molecular flexibility index (Phi) is 10.9. The molecular formula is C42H45N16O4+. The van der Waals surface area contributed by atoms with Crippen molar-refractivity contribution in [3.63, 3.8) is 0 Å². The van der Waals surface area contributed by atoms with Crippen LogP contribution in [0.2, 0.25) is 0 Å². The van der Waals surface area contributed by atoms with Gasteiger partial charge in [0, 0.05) is 54.7 Å². The second kappa shape index (κ2) is 16.9. The first-order chi connectivity index (χ1) is 30.2. The number of rotatable bonds is 14. The van der Waals surface area contributed by atoms with E-state index in [9.17, 15) is 5.26 Å². The van der Waals surface area contributed by atoms with Crippen LogP contribution in [-0.2, 0) is 0 Å². The highest BCUT2D eigenvalue weighted by Gasteiger charge is 2.41. The zero-order chi connectivity index (χ0) is 42.9. The van der Waals surface area contributed by atoms with Crippen molar-refractivity contribution < 1.29 is 23.6 Å². The summed E-state index contributed by atoms with van der Waals surface area (Å²) in [4.78, 5) is 26.6. The van der Waals surface area contributed by atoms with Crippen LogP contribution in [-0.4, -0.2) is 83.7 Å². The molecule has 3 aliphatic rings. The van der Waals surface area contributed by atoms with Gasteiger partial charge in [-0.25, -0.2) is 40.3 Å². The van der Waals surface area contributed by atoms with Crippen LogP contribution >= 0.6 is 0 Å². The number of hydrogen-bond donors (Lipinski definition) is 6. The molecule has 9 rings (SSSR count). The number of aromatic nitrogens is 10. The predicted octanol–water partition coefficient (Wildman–Crippen LogP) is 4.53. The Morgan fingerprint density at radius 3 is 2.08 bits per heavy atom. The summed E-state index contributed by atoms with van der Waals surface area (Å²) in [5, 5.41) is 36.1. The molecule has 6 aromatic heterocycles. The summed E-state index contributed by atoms with van der Waals surface area (Å²) in [5.74, 6) is 4.29. The first-order valence-corrected chi connectivity index (χ1v) is 20.4. The number of nitrogens with one attached hydrogen (secondary N) is 4. The van der Waals surface area contributed by atoms with Gasteiger partial charge in [0.2, 0.25) is 17.6 Å². The summed E-state index contributed by atoms with van der Waals surface area (Å²) in [6.07, 6.45) is 11.0. The second-order valence-electron chi connectivity index (χ2n) is 15.7. The molecule has 3 fully saturated rings. The van der Waals surface area contributed by atoms with Crippen LogP contribution in [0.25, 0.3) is 22.5 Å². The molecular weight excluding hydrogens is 793 g/mol. The molecule has 0 aliphatic heterocycles. The average Bonchev–Trinajstić information content (AvgIpc) is 3.48. The fourth-order valence-electron chi connectivity index (χ4n) is 8.09. The third kappa shape index (κ3) is 8.33. The Bertz CT molecular complexity index is 2670. The van der Waals surface area contributed by atoms with E-state index < -0.39 is 6.10 Å². The molecule has 20 nitrogen and oxygen atoms in total. The van der Waals surface area contributed by atoms with Gasteiger partial charge >= 0.3 is 5.82 Å². The summed E-state index contributed by atoms with van der Waals surface area (Å²) in [6.45, 7) is 1.86. The maximum absolute atomic E-state index is 9.36. The molecule has 0 aromatic carbocycles. The first-order valence-electron chi connectivity index (χ1n) is 20.4. The molecule has 0 bridgehead atoms. The van der Waals surface area contributed by atoms with Crippen LogP contribution in [0.3, 0.4) is 0 Å². The standard InChI is InChI=1S/C42H44N16O4/c1-21-8-33(39(41(51-21)59-2)30-13-35(56-55-30)53-36-19-47-24(15-43)17-49-36)62-32-11-26(10-28(32)46)58-38(54-37-20-48-25(16-44)18-50-37)14-31(57-58)40-34(61-27-7-6-23(45)9-27)12-29(22-4-5-22)52-42(40)60-3/h8,12-14,17-20,22-23,26-28,32H,4-7,9-11,45-46H2,1-3H3,(H3,47,48,49,50,53,54,55,56,57)/p+1/t23-,26?,27+,28-,32+/m0/s1. The van der Waals surface area contributed by atoms with Crippen LogP contribution < -0.4 is 45.7 Å². The minimum Gasteiger partial charge on any atom is -0.489 e. The molecule has 6 heterocycles. The van der Waals surface area contributed by atoms with Gasteiger partial charge in [-0.15, -0.1) is 0 Å². The van der Waals surface area contributed by atoms with E-state index in [1.807, 2.05) is 41.9 Å². The molecule has 0 spiro atoms. The van der Waals surface area contributed by atoms with E-state index in [0.29, 0.717) is 93.5 Å². The summed E-state index contributed by atoms with van der Waals surface area (Å²) < 4.78 is 27.3. The van der Waals surface area contributed by atoms with Crippen molar-refractivity contribution in [1.29, 1.82) is 10.5 Å². The largest absolute Gasteiger partial charge is 0.489 e. The smallest absolute Gasteiger partial charge is 0.302 e. The molecule has 20 heteroatoms. The molecule has 3 aliphatic carbocycles. The SMILES string of the molecule is COc1nc(C2CC2)cc(O[C@@H]2CC[C@H](N)C2)c1-c1cc(Nc2cnc(C#N)cn2)[n+](C2C[C@H](N)[C@H](Oc3cc(C)nc(OC)c3-c3cc(Nc4cnc(C#N)cn4)n[nH]3)C2)[nH]1. The minimum atomic E-state index is -0.444. The summed E-state index contributed by atoms with van der Waals surface area (Å²) in [6, 6.07) is 11.1. The van der Waals surface area contributed by atoms with E-state index in [2.05, 4.69) is 50.8 Å². The van der Waals surface area contributed by atoms with Gasteiger partial charge in [0.15, 0.2) is 17.2 Å². The van der Waals surface area contributed by atoms with Crippen LogP contribution in [0.15, 0.2) is 49.1 Å². The Morgan fingerprint density at radius 2 is 1.44 bits per heavy atom. The van der Waals surface area contributed by atoms with Crippen molar-refractivity contribution in [3.05, 3.63) is 71.8 Å². The molecule has 0 saturated heterocycles. The van der Waals surface area contributed by atoms with Gasteiger partial charge in [-0.05, 0) is 39.0 Å². The zero-order valence-electron chi connectivity index (χ0n) is 34.3. The molecule has 5 atom stereocenters. The highest BCUT2D eigenvalue weighted by Crippen LogP contribution is 2.46. The van der Waals surface area contributed by atoms with Crippen molar-refractivity contribution in [2.75, 3.05) is 24.9 Å². The third-order valence-electron chi connectivity index (χ3n) is 11.3. The lowest BCUT2D eigenvalue weighted by molar-refractivity contribution is -0.759. The Balaban J connectivity index is 1.04. The van der Waals surface area contributed by atoms with Gasteiger partial charge in [-0.3, -0.25) is 5.10 Å². The third-order valence-corrected chi connectivity index (χ3v) is 11.3. The van der Waals surface area contributed by atoms with Crippen molar-refractivity contribution in [1.82, 2.24) is 45.2 Å². The molecule has 316 valence electrons. The fourth-order valence-corrected chi connectivity index (χ4v) is 8.09. The highest BCUT2D eigenvalue weighted by atomic mass is 16.5. The number of nitrogens with zero attached hydrogens (tertiary/aromatic N) is 10. The Hall–Kier alpha value is -7.42. The zero-order valence-corrected chi connectivity index (χ0v) is 34.3.